The van der Waals surface area contributed by atoms with Gasteiger partial charge in [0, 0.05) is 172 Å². The summed E-state index contributed by atoms with van der Waals surface area (Å²) >= 11 is 7.36. The number of alkyl halides is 2. The highest BCUT2D eigenvalue weighted by molar-refractivity contribution is 8.00. The summed E-state index contributed by atoms with van der Waals surface area (Å²) in [5.74, 6) is -5.49. The van der Waals surface area contributed by atoms with Crippen molar-refractivity contribution in [3.8, 4) is 33.4 Å². The molecule has 0 radical (unpaired) electrons. The van der Waals surface area contributed by atoms with Crippen molar-refractivity contribution in [2.45, 2.75) is 204 Å². The molecule has 9 aromatic rings. The number of aldehydes is 1. The number of carboxylic acids is 1. The number of hydrogen-bond donors (Lipinski definition) is 3. The van der Waals surface area contributed by atoms with E-state index >= 15 is 4.39 Å². The van der Waals surface area contributed by atoms with E-state index in [1.165, 1.54) is 23.1 Å². The minimum Gasteiger partial charge on any atom is -0.480 e. The van der Waals surface area contributed by atoms with Gasteiger partial charge in [0.25, 0.3) is 0 Å². The summed E-state index contributed by atoms with van der Waals surface area (Å²) in [6, 6.07) is 45.9. The normalized spacial score (nSPS) is 16.4. The highest BCUT2D eigenvalue weighted by atomic mass is 35.5. The van der Waals surface area contributed by atoms with E-state index in [-0.39, 0.29) is 119 Å². The molecule has 6 heterocycles. The van der Waals surface area contributed by atoms with E-state index in [1.807, 2.05) is 166 Å². The fourth-order valence-corrected chi connectivity index (χ4v) is 19.7. The first-order valence-corrected chi connectivity index (χ1v) is 58.4. The van der Waals surface area contributed by atoms with E-state index in [9.17, 15) is 65.0 Å². The van der Waals surface area contributed by atoms with Crippen LogP contribution in [-0.4, -0.2) is 213 Å². The van der Waals surface area contributed by atoms with Crippen LogP contribution in [0.2, 0.25) is 64.0 Å². The Morgan fingerprint density at radius 1 is 0.511 bits per heavy atom. The van der Waals surface area contributed by atoms with Crippen LogP contribution in [0, 0.1) is 68.9 Å². The van der Waals surface area contributed by atoms with E-state index in [1.54, 1.807) is 16.0 Å². The molecule has 3 aliphatic heterocycles. The molecule has 0 spiro atoms. The quantitative estimate of drug-likeness (QED) is 0.00847. The lowest BCUT2D eigenvalue weighted by Crippen LogP contribution is -2.46. The third-order valence-corrected chi connectivity index (χ3v) is 30.0. The predicted octanol–water partition coefficient (Wildman–Crippen LogP) is 22.8. The van der Waals surface area contributed by atoms with Gasteiger partial charge in [-0.2, -0.15) is 0 Å². The van der Waals surface area contributed by atoms with Crippen LogP contribution in [0.3, 0.4) is 0 Å². The van der Waals surface area contributed by atoms with Crippen LogP contribution in [0.25, 0.3) is 33.4 Å². The maximum Gasteiger partial charge on any atom is 0.409 e. The van der Waals surface area contributed by atoms with Crippen molar-refractivity contribution >= 4 is 91.4 Å². The Kier molecular flexibility index (Phi) is 43.7. The zero-order valence-corrected chi connectivity index (χ0v) is 87.0. The maximum absolute atomic E-state index is 15.2. The van der Waals surface area contributed by atoms with Crippen molar-refractivity contribution in [1.29, 1.82) is 0 Å². The fourth-order valence-electron chi connectivity index (χ4n) is 16.8. The number of amides is 5. The van der Waals surface area contributed by atoms with Gasteiger partial charge in [-0.25, -0.2) is 45.1 Å². The van der Waals surface area contributed by atoms with Crippen LogP contribution >= 0.6 is 23.4 Å². The summed E-state index contributed by atoms with van der Waals surface area (Å²) in [5.41, 5.74) is 18.8. The number of rotatable bonds is 34. The summed E-state index contributed by atoms with van der Waals surface area (Å²) in [5, 5.41) is 9.31. The Morgan fingerprint density at radius 2 is 0.871 bits per heavy atom. The van der Waals surface area contributed by atoms with E-state index in [0.29, 0.717) is 108 Å². The zero-order chi connectivity index (χ0) is 101. The number of benzene rings is 6. The Hall–Kier alpha value is -10.2. The molecule has 0 aliphatic carbocycles. The van der Waals surface area contributed by atoms with Gasteiger partial charge in [0.15, 0.2) is 0 Å². The molecular weight excluding hydrogens is 1870 g/mol. The van der Waals surface area contributed by atoms with E-state index in [2.05, 4.69) is 87.4 Å². The van der Waals surface area contributed by atoms with Gasteiger partial charge in [-0.3, -0.25) is 14.4 Å². The molecule has 3 fully saturated rings. The van der Waals surface area contributed by atoms with E-state index in [0.717, 1.165) is 106 Å². The first-order chi connectivity index (χ1) is 64.5. The van der Waals surface area contributed by atoms with Gasteiger partial charge in [0.1, 0.15) is 59.3 Å². The number of hydrogen-bond acceptors (Lipinski definition) is 13. The smallest absolute Gasteiger partial charge is 0.409 e. The predicted molar refractivity (Wildman–Crippen MR) is 552 cm³/mol. The Labute approximate surface area is 831 Å². The molecular formula is C106H146ClF7N10O11SSi3. The van der Waals surface area contributed by atoms with Crippen molar-refractivity contribution in [2.24, 2.45) is 45.5 Å². The topological polar surface area (TPSA) is 250 Å². The number of thioether (sulfide) groups is 1. The molecule has 6 aromatic carbocycles. The molecule has 33 heteroatoms. The number of carboxylic acid groups (broad SMARTS) is 1. The van der Waals surface area contributed by atoms with Crippen molar-refractivity contribution in [1.82, 2.24) is 38.2 Å². The number of likely N-dealkylation sites (tertiary alicyclic amines) is 3. The minimum atomic E-state index is -1.38. The van der Waals surface area contributed by atoms with Crippen molar-refractivity contribution in [2.75, 3.05) is 89.6 Å². The molecule has 3 aromatic heterocycles. The Morgan fingerprint density at radius 3 is 1.21 bits per heavy atom. The number of ether oxygens (including phenoxy) is 3. The van der Waals surface area contributed by atoms with Gasteiger partial charge in [-0.05, 0) is 149 Å². The van der Waals surface area contributed by atoms with Crippen molar-refractivity contribution < 1.29 is 83.6 Å². The lowest BCUT2D eigenvalue weighted by molar-refractivity contribution is -0.138. The number of aromatic nitrogens is 3. The number of carbonyl (C=O) groups excluding carboxylic acids is 6. The first-order valence-electron chi connectivity index (χ1n) is 46.9. The lowest BCUT2D eigenvalue weighted by Gasteiger charge is -2.42. The second kappa shape index (κ2) is 52.5. The monoisotopic (exact) mass is 2020 g/mol. The molecule has 5 N–H and O–H groups in total. The summed E-state index contributed by atoms with van der Waals surface area (Å²) in [6.07, 6.45) is 5.06. The Balaban J connectivity index is 0.000000268. The number of aliphatic carboxylic acids is 1. The highest BCUT2D eigenvalue weighted by Gasteiger charge is 2.44. The van der Waals surface area contributed by atoms with Crippen LogP contribution in [0.5, 0.6) is 0 Å². The molecule has 21 nitrogen and oxygen atoms in total. The van der Waals surface area contributed by atoms with Gasteiger partial charge in [-0.1, -0.05) is 214 Å². The van der Waals surface area contributed by atoms with Crippen LogP contribution in [0.1, 0.15) is 142 Å². The van der Waals surface area contributed by atoms with Gasteiger partial charge in [-0.15, -0.1) is 23.4 Å². The molecule has 5 amide bonds. The molecule has 0 bridgehead atoms. The van der Waals surface area contributed by atoms with Crippen LogP contribution in [0.4, 0.5) is 45.1 Å². The lowest BCUT2D eigenvalue weighted by atomic mass is 9.82. The summed E-state index contributed by atoms with van der Waals surface area (Å²) in [6.45, 7) is 39.5. The second-order valence-corrected chi connectivity index (χ2v) is 55.7. The standard InChI is InChI=1S/C38H52F2N4O5SSi.C33H42ClF2N3O3Si.C22H24F2N2.C11H20FNO3Si.2CH4/c1-38(2,3)35(33-18-28(30-19-29(39)12-13-31(30)40)23-43(33)20-26-10-8-7-9-11-26)44(34(45)25-50-24-32(41)36(46)47)22-27-14-15-42(21-27)37(48)49-16-17-51(4,5)6;1-33(2,3)31(39(30(40)18-34)21-24-12-13-37(20-24)32(41)42-14-15-43-4)29-16-25(27-17-26(35)10-11-28(27)36)22-38(29)19-23-8-6-5-7-9-23;1-22(2,3)21(25)20-11-16(18-12-17(23)9-10-19(18)24)14-26(20)13-15-7-5-4-6-8-15;1-17(2,3)5-4-16-11(15)13-6-9(8-14)10(12)7-13;;/h7-13,18-19,23,27,32,35H,14-17,20-22,24-25,41H2,1-6H3,(H,46,47);5-11,16-17,22,24,31H,12-15,18-21,43H2,1-4H3;4-12,14,21H,13,25H2,1-3H3;8-10H,4-7H2,1-3H3;2*1H4/t27?,32-,35-;24?,31-;21-;9-,10-;;/m0000../s1. The van der Waals surface area contributed by atoms with Crippen molar-refractivity contribution in [3.05, 3.63) is 251 Å². The fraction of sp³-hybridized carbons (Fsp3) is 0.481. The van der Waals surface area contributed by atoms with Gasteiger partial charge >= 0.3 is 24.2 Å². The van der Waals surface area contributed by atoms with Gasteiger partial charge in [0.2, 0.25) is 11.8 Å². The summed E-state index contributed by atoms with van der Waals surface area (Å²) in [7, 11) is -2.77. The molecule has 760 valence electrons. The second-order valence-electron chi connectivity index (χ2n) is 41.5. The highest BCUT2D eigenvalue weighted by Crippen LogP contribution is 2.46. The average molecular weight is 2020 g/mol. The number of halogens is 8. The SMILES string of the molecule is C.C.CC(C)(C)[C@@H](N)c1cc(-c2cc(F)ccc2F)cn1Cc1ccccc1.CC(C)(C)[C@H](c1cc(-c2cc(F)ccc2F)cn1Cc1ccccc1)N(CC1CCN(C(=O)OCC[Si](C)(C)C)C1)C(=O)CSC[C@H](N)C(=O)O.C[SiH2]CCOC(=O)N1CCC(CN(C(=O)CCl)[C@@H](c2cc(-c3cc(F)ccc3F)cn2Cc2ccccc2)C(C)(C)C)C1.C[Si](C)(C)CCOC(=O)N1C[C@@H](C=O)[C@@H](F)C1. The molecule has 12 rings (SSSR count). The first kappa shape index (κ1) is 116. The van der Waals surface area contributed by atoms with Crippen molar-refractivity contribution in [3.63, 3.8) is 0 Å². The average Bonchev–Trinajstić information content (AvgIpc) is 1.63. The number of nitrogens with zero attached hydrogens (tertiary/aromatic N) is 8. The molecule has 3 aliphatic rings. The summed E-state index contributed by atoms with van der Waals surface area (Å²) in [4.78, 5) is 95.3. The minimum absolute atomic E-state index is 0. The van der Waals surface area contributed by atoms with Crippen LogP contribution in [0.15, 0.2) is 182 Å². The van der Waals surface area contributed by atoms with Crippen LogP contribution in [-0.2, 0) is 53.0 Å². The molecule has 2 unspecified atom stereocenters. The summed E-state index contributed by atoms with van der Waals surface area (Å²) < 4.78 is 122. The Bertz CT molecular complexity index is 5480. The van der Waals surface area contributed by atoms with E-state index < -0.39 is 104 Å². The zero-order valence-electron chi connectivity index (χ0n) is 82.0. The maximum atomic E-state index is 15.2. The van der Waals surface area contributed by atoms with Gasteiger partial charge < -0.3 is 73.8 Å². The van der Waals surface area contributed by atoms with Gasteiger partial charge in [0.05, 0.1) is 50.1 Å². The number of carbonyl (C=O) groups is 7. The third-order valence-electron chi connectivity index (χ3n) is 24.4. The number of nitrogens with two attached hydrogens (primary N) is 2. The van der Waals surface area contributed by atoms with Crippen LogP contribution < -0.4 is 11.5 Å². The molecule has 0 saturated carbocycles. The third kappa shape index (κ3) is 34.6. The molecule has 3 saturated heterocycles. The van der Waals surface area contributed by atoms with E-state index in [4.69, 9.17) is 37.3 Å². The largest absolute Gasteiger partial charge is 0.480 e. The molecule has 139 heavy (non-hydrogen) atoms. The molecule has 8 atom stereocenters.